The average Bonchev–Trinajstić information content (AvgIpc) is 2.81. The zero-order chi connectivity index (χ0) is 12.4. The molecule has 1 saturated heterocycles. The molecule has 1 aromatic carbocycles. The molecule has 4 heteroatoms. The van der Waals surface area contributed by atoms with Crippen molar-refractivity contribution in [1.82, 2.24) is 0 Å². The van der Waals surface area contributed by atoms with Crippen LogP contribution in [0.25, 0.3) is 0 Å². The Hall–Kier alpha value is -0.740. The van der Waals surface area contributed by atoms with Gasteiger partial charge in [-0.3, -0.25) is 0 Å². The number of hydrogen-bond donors (Lipinski definition) is 1. The molecule has 1 aromatic rings. The minimum absolute atomic E-state index is 0.141. The van der Waals surface area contributed by atoms with Crippen LogP contribution in [0.4, 0.5) is 10.1 Å². The molecule has 1 fully saturated rings. The number of rotatable bonds is 3. The highest BCUT2D eigenvalue weighted by molar-refractivity contribution is 7.99. The first-order valence-electron chi connectivity index (χ1n) is 5.95. The normalized spacial score (nSPS) is 21.5. The molecule has 1 unspecified atom stereocenters. The van der Waals surface area contributed by atoms with Gasteiger partial charge in [-0.05, 0) is 42.9 Å². The highest BCUT2D eigenvalue weighted by Crippen LogP contribution is 2.30. The average molecular weight is 254 g/mol. The van der Waals surface area contributed by atoms with Gasteiger partial charge in [0.1, 0.15) is 5.82 Å². The Kier molecular flexibility index (Phi) is 3.94. The Morgan fingerprint density at radius 1 is 1.53 bits per heavy atom. The third kappa shape index (κ3) is 2.75. The Bertz CT molecular complexity index is 389. The monoisotopic (exact) mass is 254 g/mol. The van der Waals surface area contributed by atoms with Crippen molar-refractivity contribution < 1.29 is 4.39 Å². The summed E-state index contributed by atoms with van der Waals surface area (Å²) in [6.07, 6.45) is 1.19. The maximum atomic E-state index is 13.3. The molecule has 2 atom stereocenters. The number of nitrogens with zero attached hydrogens (tertiary/aromatic N) is 1. The van der Waals surface area contributed by atoms with Gasteiger partial charge in [0.15, 0.2) is 0 Å². The molecule has 0 aliphatic carbocycles. The van der Waals surface area contributed by atoms with Crippen molar-refractivity contribution >= 4 is 17.4 Å². The second-order valence-corrected chi connectivity index (χ2v) is 5.77. The molecular weight excluding hydrogens is 235 g/mol. The zero-order valence-electron chi connectivity index (χ0n) is 10.3. The fourth-order valence-corrected chi connectivity index (χ4v) is 3.50. The van der Waals surface area contributed by atoms with Crippen molar-refractivity contribution in [2.75, 3.05) is 23.5 Å². The summed E-state index contributed by atoms with van der Waals surface area (Å²) in [5.74, 6) is 2.14. The molecule has 0 amide bonds. The largest absolute Gasteiger partial charge is 0.370 e. The van der Waals surface area contributed by atoms with Gasteiger partial charge in [-0.15, -0.1) is 0 Å². The van der Waals surface area contributed by atoms with E-state index in [1.54, 1.807) is 6.07 Å². The van der Waals surface area contributed by atoms with Crippen molar-refractivity contribution in [3.8, 4) is 0 Å². The van der Waals surface area contributed by atoms with E-state index in [2.05, 4.69) is 11.9 Å². The molecule has 2 N–H and O–H groups in total. The lowest BCUT2D eigenvalue weighted by Gasteiger charge is -2.29. The summed E-state index contributed by atoms with van der Waals surface area (Å²) in [7, 11) is 2.08. The molecule has 0 aromatic heterocycles. The van der Waals surface area contributed by atoms with E-state index in [9.17, 15) is 4.39 Å². The SMILES string of the molecule is C[C@@H](N)c1cc(F)ccc1N(C)C1CCSC1. The summed E-state index contributed by atoms with van der Waals surface area (Å²) in [6, 6.07) is 5.32. The van der Waals surface area contributed by atoms with Crippen LogP contribution in [0.15, 0.2) is 18.2 Å². The van der Waals surface area contributed by atoms with Crippen LogP contribution in [0.1, 0.15) is 24.9 Å². The summed E-state index contributed by atoms with van der Waals surface area (Å²) in [4.78, 5) is 2.25. The molecule has 1 aliphatic rings. The standard InChI is InChI=1S/C13H19FN2S/c1-9(15)12-7-10(14)3-4-13(12)16(2)11-5-6-17-8-11/h3-4,7,9,11H,5-6,8,15H2,1-2H3/t9-,11?/m1/s1. The Balaban J connectivity index is 2.29. The number of halogens is 1. The second kappa shape index (κ2) is 5.27. The molecule has 1 aliphatic heterocycles. The van der Waals surface area contributed by atoms with Gasteiger partial charge >= 0.3 is 0 Å². The van der Waals surface area contributed by atoms with Gasteiger partial charge in [0.05, 0.1) is 0 Å². The first-order valence-corrected chi connectivity index (χ1v) is 7.10. The van der Waals surface area contributed by atoms with Crippen molar-refractivity contribution in [3.05, 3.63) is 29.6 Å². The van der Waals surface area contributed by atoms with Gasteiger partial charge in [-0.25, -0.2) is 4.39 Å². The van der Waals surface area contributed by atoms with Gasteiger partial charge in [0.2, 0.25) is 0 Å². The molecular formula is C13H19FN2S. The van der Waals surface area contributed by atoms with Crippen LogP contribution < -0.4 is 10.6 Å². The summed E-state index contributed by atoms with van der Waals surface area (Å²) in [6.45, 7) is 1.90. The molecule has 1 heterocycles. The van der Waals surface area contributed by atoms with Crippen LogP contribution in [0.3, 0.4) is 0 Å². The fraction of sp³-hybridized carbons (Fsp3) is 0.538. The van der Waals surface area contributed by atoms with Crippen LogP contribution >= 0.6 is 11.8 Å². The van der Waals surface area contributed by atoms with E-state index in [0.29, 0.717) is 6.04 Å². The first kappa shape index (κ1) is 12.7. The summed E-state index contributed by atoms with van der Waals surface area (Å²) in [5, 5.41) is 0. The maximum Gasteiger partial charge on any atom is 0.123 e. The van der Waals surface area contributed by atoms with E-state index >= 15 is 0 Å². The molecule has 2 nitrogen and oxygen atoms in total. The number of thioether (sulfide) groups is 1. The Morgan fingerprint density at radius 2 is 2.29 bits per heavy atom. The van der Waals surface area contributed by atoms with Crippen LogP contribution in [-0.4, -0.2) is 24.6 Å². The van der Waals surface area contributed by atoms with Gasteiger partial charge in [0, 0.05) is 30.6 Å². The topological polar surface area (TPSA) is 29.3 Å². The minimum Gasteiger partial charge on any atom is -0.370 e. The number of anilines is 1. The highest BCUT2D eigenvalue weighted by atomic mass is 32.2. The van der Waals surface area contributed by atoms with Gasteiger partial charge in [0.25, 0.3) is 0 Å². The quantitative estimate of drug-likeness (QED) is 0.899. The summed E-state index contributed by atoms with van der Waals surface area (Å²) >= 11 is 1.98. The second-order valence-electron chi connectivity index (χ2n) is 4.62. The third-order valence-electron chi connectivity index (χ3n) is 3.31. The number of benzene rings is 1. The molecule has 0 bridgehead atoms. The van der Waals surface area contributed by atoms with E-state index in [4.69, 9.17) is 5.73 Å². The minimum atomic E-state index is -0.213. The molecule has 0 radical (unpaired) electrons. The van der Waals surface area contributed by atoms with Crippen LogP contribution in [0, 0.1) is 5.82 Å². The number of hydrogen-bond acceptors (Lipinski definition) is 3. The summed E-state index contributed by atoms with van der Waals surface area (Å²) in [5.41, 5.74) is 7.88. The number of nitrogens with two attached hydrogens (primary N) is 1. The van der Waals surface area contributed by atoms with Crippen molar-refractivity contribution in [1.29, 1.82) is 0 Å². The van der Waals surface area contributed by atoms with Gasteiger partial charge < -0.3 is 10.6 Å². The molecule has 17 heavy (non-hydrogen) atoms. The lowest BCUT2D eigenvalue weighted by Crippen LogP contribution is -2.32. The van der Waals surface area contributed by atoms with Crippen molar-refractivity contribution in [3.63, 3.8) is 0 Å². The Morgan fingerprint density at radius 3 is 2.88 bits per heavy atom. The van der Waals surface area contributed by atoms with E-state index in [1.165, 1.54) is 18.2 Å². The maximum absolute atomic E-state index is 13.3. The van der Waals surface area contributed by atoms with E-state index in [-0.39, 0.29) is 11.9 Å². The van der Waals surface area contributed by atoms with Gasteiger partial charge in [-0.2, -0.15) is 11.8 Å². The molecule has 2 rings (SSSR count). The van der Waals surface area contributed by atoms with Crippen LogP contribution in [-0.2, 0) is 0 Å². The van der Waals surface area contributed by atoms with Crippen LogP contribution in [0.5, 0.6) is 0 Å². The van der Waals surface area contributed by atoms with E-state index in [0.717, 1.165) is 17.0 Å². The lowest BCUT2D eigenvalue weighted by atomic mass is 10.0. The van der Waals surface area contributed by atoms with Crippen LogP contribution in [0.2, 0.25) is 0 Å². The fourth-order valence-electron chi connectivity index (χ4n) is 2.24. The molecule has 0 saturated carbocycles. The van der Waals surface area contributed by atoms with E-state index in [1.807, 2.05) is 24.8 Å². The summed E-state index contributed by atoms with van der Waals surface area (Å²) < 4.78 is 13.3. The molecule has 0 spiro atoms. The molecule has 94 valence electrons. The lowest BCUT2D eigenvalue weighted by molar-refractivity contribution is 0.619. The van der Waals surface area contributed by atoms with E-state index < -0.39 is 0 Å². The van der Waals surface area contributed by atoms with Crippen molar-refractivity contribution in [2.24, 2.45) is 5.73 Å². The smallest absolute Gasteiger partial charge is 0.123 e. The first-order chi connectivity index (χ1) is 8.09. The third-order valence-corrected chi connectivity index (χ3v) is 4.46. The Labute approximate surface area is 106 Å². The van der Waals surface area contributed by atoms with Gasteiger partial charge in [-0.1, -0.05) is 0 Å². The predicted molar refractivity (Wildman–Crippen MR) is 73.1 cm³/mol. The zero-order valence-corrected chi connectivity index (χ0v) is 11.1. The predicted octanol–water partition coefficient (Wildman–Crippen LogP) is 2.79. The highest BCUT2D eigenvalue weighted by Gasteiger charge is 2.22. The van der Waals surface area contributed by atoms with Crippen molar-refractivity contribution in [2.45, 2.75) is 25.4 Å².